The maximum atomic E-state index is 6.70. The highest BCUT2D eigenvalue weighted by Crippen LogP contribution is 2.58. The van der Waals surface area contributed by atoms with Crippen molar-refractivity contribution in [2.75, 3.05) is 0 Å². The quantitative estimate of drug-likeness (QED) is 0.635. The van der Waals surface area contributed by atoms with E-state index in [-0.39, 0.29) is 5.38 Å². The SMILES string of the molecule is ClC(c1ccc(-c2ccccc2)cc1)C1CC2CC2C1. The van der Waals surface area contributed by atoms with E-state index in [1.165, 1.54) is 36.0 Å². The van der Waals surface area contributed by atoms with E-state index in [0.717, 1.165) is 11.8 Å². The van der Waals surface area contributed by atoms with Crippen molar-refractivity contribution in [2.45, 2.75) is 24.6 Å². The molecule has 0 bridgehead atoms. The summed E-state index contributed by atoms with van der Waals surface area (Å²) in [6, 6.07) is 19.4. The highest BCUT2D eigenvalue weighted by atomic mass is 35.5. The second-order valence-corrected chi connectivity index (χ2v) is 6.85. The molecule has 2 aliphatic rings. The van der Waals surface area contributed by atoms with Crippen molar-refractivity contribution in [2.24, 2.45) is 17.8 Å². The number of hydrogen-bond donors (Lipinski definition) is 0. The van der Waals surface area contributed by atoms with E-state index in [9.17, 15) is 0 Å². The zero-order valence-corrected chi connectivity index (χ0v) is 12.3. The molecule has 2 aliphatic carbocycles. The molecule has 2 aromatic rings. The van der Waals surface area contributed by atoms with Gasteiger partial charge in [-0.3, -0.25) is 0 Å². The normalized spacial score (nSPS) is 28.9. The summed E-state index contributed by atoms with van der Waals surface area (Å²) in [5, 5.41) is 0.202. The monoisotopic (exact) mass is 282 g/mol. The predicted octanol–water partition coefficient (Wildman–Crippen LogP) is 5.68. The van der Waals surface area contributed by atoms with E-state index in [1.54, 1.807) is 0 Å². The number of rotatable bonds is 3. The minimum absolute atomic E-state index is 0.202. The fraction of sp³-hybridized carbons (Fsp3) is 0.368. The molecule has 0 aromatic heterocycles. The fourth-order valence-corrected chi connectivity index (χ4v) is 4.11. The Morgan fingerprint density at radius 1 is 0.750 bits per heavy atom. The molecule has 2 fully saturated rings. The summed E-state index contributed by atoms with van der Waals surface area (Å²) in [6.45, 7) is 0. The van der Waals surface area contributed by atoms with E-state index in [0.29, 0.717) is 5.92 Å². The van der Waals surface area contributed by atoms with Gasteiger partial charge in [-0.05, 0) is 53.7 Å². The molecule has 2 aromatic carbocycles. The lowest BCUT2D eigenvalue weighted by Crippen LogP contribution is -2.05. The third-order valence-corrected chi connectivity index (χ3v) is 5.64. The summed E-state index contributed by atoms with van der Waals surface area (Å²) in [7, 11) is 0. The van der Waals surface area contributed by atoms with Crippen molar-refractivity contribution in [3.05, 3.63) is 60.2 Å². The van der Waals surface area contributed by atoms with Crippen LogP contribution < -0.4 is 0 Å². The molecular weight excluding hydrogens is 264 g/mol. The first kappa shape index (κ1) is 12.5. The van der Waals surface area contributed by atoms with E-state index in [1.807, 2.05) is 0 Å². The van der Waals surface area contributed by atoms with Crippen LogP contribution in [0.4, 0.5) is 0 Å². The molecule has 2 saturated carbocycles. The van der Waals surface area contributed by atoms with Crippen LogP contribution in [0.2, 0.25) is 0 Å². The van der Waals surface area contributed by atoms with Gasteiger partial charge in [0.1, 0.15) is 0 Å². The first-order valence-electron chi connectivity index (χ1n) is 7.61. The molecule has 102 valence electrons. The average molecular weight is 283 g/mol. The Kier molecular flexibility index (Phi) is 3.07. The highest BCUT2D eigenvalue weighted by Gasteiger charge is 2.47. The smallest absolute Gasteiger partial charge is 0.0613 e. The molecule has 20 heavy (non-hydrogen) atoms. The lowest BCUT2D eigenvalue weighted by atomic mass is 9.93. The van der Waals surface area contributed by atoms with Gasteiger partial charge in [-0.1, -0.05) is 54.6 Å². The summed E-state index contributed by atoms with van der Waals surface area (Å²) in [5.74, 6) is 2.71. The zero-order valence-electron chi connectivity index (χ0n) is 11.5. The number of halogens is 1. The molecule has 3 atom stereocenters. The van der Waals surface area contributed by atoms with Crippen molar-refractivity contribution in [1.29, 1.82) is 0 Å². The first-order valence-corrected chi connectivity index (χ1v) is 8.04. The second-order valence-electron chi connectivity index (χ2n) is 6.38. The summed E-state index contributed by atoms with van der Waals surface area (Å²) < 4.78 is 0. The Morgan fingerprint density at radius 3 is 2.00 bits per heavy atom. The lowest BCUT2D eigenvalue weighted by Gasteiger charge is -2.19. The van der Waals surface area contributed by atoms with Crippen LogP contribution in [0.1, 0.15) is 30.2 Å². The average Bonchev–Trinajstić information content (AvgIpc) is 3.13. The van der Waals surface area contributed by atoms with Gasteiger partial charge in [0, 0.05) is 0 Å². The first-order chi connectivity index (χ1) is 9.81. The Hall–Kier alpha value is -1.27. The van der Waals surface area contributed by atoms with E-state index < -0.39 is 0 Å². The molecule has 0 radical (unpaired) electrons. The molecule has 0 aliphatic heterocycles. The molecule has 0 saturated heterocycles. The zero-order chi connectivity index (χ0) is 13.5. The van der Waals surface area contributed by atoms with Crippen molar-refractivity contribution in [1.82, 2.24) is 0 Å². The molecule has 0 spiro atoms. The Labute approximate surface area is 125 Å². The number of alkyl halides is 1. The topological polar surface area (TPSA) is 0 Å². The number of hydrogen-bond acceptors (Lipinski definition) is 0. The minimum atomic E-state index is 0.202. The molecule has 0 nitrogen and oxygen atoms in total. The number of benzene rings is 2. The second kappa shape index (κ2) is 4.93. The van der Waals surface area contributed by atoms with Crippen molar-refractivity contribution in [3.63, 3.8) is 0 Å². The highest BCUT2D eigenvalue weighted by molar-refractivity contribution is 6.21. The third-order valence-electron chi connectivity index (χ3n) is 5.03. The Bertz CT molecular complexity index is 577. The van der Waals surface area contributed by atoms with Crippen molar-refractivity contribution in [3.8, 4) is 11.1 Å². The molecule has 0 amide bonds. The minimum Gasteiger partial charge on any atom is -0.118 e. The molecule has 0 N–H and O–H groups in total. The van der Waals surface area contributed by atoms with Gasteiger partial charge >= 0.3 is 0 Å². The molecule has 4 rings (SSSR count). The van der Waals surface area contributed by atoms with Crippen LogP contribution >= 0.6 is 11.6 Å². The van der Waals surface area contributed by atoms with Crippen LogP contribution in [0.25, 0.3) is 11.1 Å². The molecule has 3 unspecified atom stereocenters. The molecular formula is C19H19Cl. The van der Waals surface area contributed by atoms with Crippen LogP contribution in [0.5, 0.6) is 0 Å². The van der Waals surface area contributed by atoms with Crippen LogP contribution in [-0.2, 0) is 0 Å². The van der Waals surface area contributed by atoms with Crippen LogP contribution in [0, 0.1) is 17.8 Å². The lowest BCUT2D eigenvalue weighted by molar-refractivity contribution is 0.471. The van der Waals surface area contributed by atoms with Crippen LogP contribution in [-0.4, -0.2) is 0 Å². The van der Waals surface area contributed by atoms with Gasteiger partial charge in [0.15, 0.2) is 0 Å². The molecule has 1 heteroatoms. The Morgan fingerprint density at radius 2 is 1.35 bits per heavy atom. The summed E-state index contributed by atoms with van der Waals surface area (Å²) >= 11 is 6.70. The third kappa shape index (κ3) is 2.27. The summed E-state index contributed by atoms with van der Waals surface area (Å²) in [6.07, 6.45) is 4.16. The van der Waals surface area contributed by atoms with Gasteiger partial charge in [-0.25, -0.2) is 0 Å². The summed E-state index contributed by atoms with van der Waals surface area (Å²) in [4.78, 5) is 0. The van der Waals surface area contributed by atoms with Gasteiger partial charge < -0.3 is 0 Å². The maximum absolute atomic E-state index is 6.70. The van der Waals surface area contributed by atoms with Gasteiger partial charge in [-0.2, -0.15) is 0 Å². The van der Waals surface area contributed by atoms with Gasteiger partial charge in [0.25, 0.3) is 0 Å². The number of fused-ring (bicyclic) bond motifs is 1. The standard InChI is InChI=1S/C19H19Cl/c20-19(18-11-16-10-17(16)12-18)15-8-6-14(7-9-15)13-4-2-1-3-5-13/h1-9,16-19H,10-12H2. The summed E-state index contributed by atoms with van der Waals surface area (Å²) in [5.41, 5.74) is 3.83. The predicted molar refractivity (Wildman–Crippen MR) is 84.8 cm³/mol. The van der Waals surface area contributed by atoms with Gasteiger partial charge in [0.2, 0.25) is 0 Å². The fourth-order valence-electron chi connectivity index (χ4n) is 3.76. The van der Waals surface area contributed by atoms with Gasteiger partial charge in [0.05, 0.1) is 5.38 Å². The van der Waals surface area contributed by atoms with E-state index in [2.05, 4.69) is 54.6 Å². The van der Waals surface area contributed by atoms with Crippen LogP contribution in [0.3, 0.4) is 0 Å². The molecule has 0 heterocycles. The maximum Gasteiger partial charge on any atom is 0.0613 e. The largest absolute Gasteiger partial charge is 0.118 e. The van der Waals surface area contributed by atoms with Crippen molar-refractivity contribution < 1.29 is 0 Å². The van der Waals surface area contributed by atoms with E-state index >= 15 is 0 Å². The van der Waals surface area contributed by atoms with Crippen molar-refractivity contribution >= 4 is 11.6 Å². The van der Waals surface area contributed by atoms with Crippen LogP contribution in [0.15, 0.2) is 54.6 Å². The Balaban J connectivity index is 1.52. The van der Waals surface area contributed by atoms with Gasteiger partial charge in [-0.15, -0.1) is 11.6 Å². The van der Waals surface area contributed by atoms with E-state index in [4.69, 9.17) is 11.6 Å².